The molecule has 0 aliphatic carbocycles. The van der Waals surface area contributed by atoms with Gasteiger partial charge in [0.1, 0.15) is 5.82 Å². The van der Waals surface area contributed by atoms with Crippen LogP contribution in [0.2, 0.25) is 0 Å². The molecule has 0 saturated carbocycles. The average molecular weight is 386 g/mol. The van der Waals surface area contributed by atoms with Gasteiger partial charge in [-0.1, -0.05) is 6.07 Å². The predicted octanol–water partition coefficient (Wildman–Crippen LogP) is 4.55. The molecule has 0 aliphatic heterocycles. The Morgan fingerprint density at radius 1 is 1.10 bits per heavy atom. The maximum atomic E-state index is 13.0. The largest absolute Gasteiger partial charge is 0.318 e. The molecule has 4 aromatic rings. The standard InChI is InChI=1S/C23H19FN4O/c1-15-12-19(14-26-27-23(29)17-5-7-20(24)8-6-17)16(2)28(15)21-9-10-22-18(13-21)4-3-11-25-22/h3-14H,1-2H3,(H,27,29)/b26-14-. The number of benzene rings is 2. The van der Waals surface area contributed by atoms with E-state index in [-0.39, 0.29) is 5.82 Å². The number of aryl methyl sites for hydroxylation is 1. The molecule has 29 heavy (non-hydrogen) atoms. The SMILES string of the molecule is Cc1cc(/C=N\NC(=O)c2ccc(F)cc2)c(C)n1-c1ccc2ncccc2c1. The van der Waals surface area contributed by atoms with Crippen molar-refractivity contribution in [3.8, 4) is 5.69 Å². The molecule has 2 aromatic carbocycles. The van der Waals surface area contributed by atoms with Crippen LogP contribution in [0.15, 0.2) is 72.0 Å². The van der Waals surface area contributed by atoms with E-state index in [2.05, 4.69) is 26.1 Å². The lowest BCUT2D eigenvalue weighted by molar-refractivity contribution is 0.0955. The molecule has 0 bridgehead atoms. The normalized spacial score (nSPS) is 11.3. The highest BCUT2D eigenvalue weighted by molar-refractivity contribution is 5.95. The Morgan fingerprint density at radius 2 is 1.90 bits per heavy atom. The highest BCUT2D eigenvalue weighted by Crippen LogP contribution is 2.22. The van der Waals surface area contributed by atoms with E-state index in [4.69, 9.17) is 0 Å². The smallest absolute Gasteiger partial charge is 0.271 e. The van der Waals surface area contributed by atoms with Crippen molar-refractivity contribution in [1.82, 2.24) is 15.0 Å². The Kier molecular flexibility index (Phi) is 4.91. The summed E-state index contributed by atoms with van der Waals surface area (Å²) in [6, 6.07) is 17.4. The monoisotopic (exact) mass is 386 g/mol. The van der Waals surface area contributed by atoms with Crippen molar-refractivity contribution in [2.24, 2.45) is 5.10 Å². The number of amides is 1. The van der Waals surface area contributed by atoms with Gasteiger partial charge in [0.2, 0.25) is 0 Å². The number of hydrogen-bond donors (Lipinski definition) is 1. The number of carbonyl (C=O) groups is 1. The highest BCUT2D eigenvalue weighted by atomic mass is 19.1. The quantitative estimate of drug-likeness (QED) is 0.413. The zero-order valence-electron chi connectivity index (χ0n) is 16.1. The minimum absolute atomic E-state index is 0.346. The van der Waals surface area contributed by atoms with E-state index < -0.39 is 5.91 Å². The lowest BCUT2D eigenvalue weighted by Gasteiger charge is -2.10. The van der Waals surface area contributed by atoms with Crippen molar-refractivity contribution in [2.45, 2.75) is 13.8 Å². The van der Waals surface area contributed by atoms with Gasteiger partial charge >= 0.3 is 0 Å². The molecule has 2 aromatic heterocycles. The van der Waals surface area contributed by atoms with E-state index in [1.54, 1.807) is 12.4 Å². The number of fused-ring (bicyclic) bond motifs is 1. The first-order valence-corrected chi connectivity index (χ1v) is 9.16. The minimum atomic E-state index is -0.392. The Balaban J connectivity index is 1.57. The van der Waals surface area contributed by atoms with Crippen molar-refractivity contribution in [3.05, 3.63) is 95.2 Å². The number of pyridine rings is 1. The Bertz CT molecular complexity index is 1230. The summed E-state index contributed by atoms with van der Waals surface area (Å²) in [5.74, 6) is -0.779. The van der Waals surface area contributed by atoms with Gasteiger partial charge in [-0.25, -0.2) is 9.82 Å². The lowest BCUT2D eigenvalue weighted by atomic mass is 10.2. The van der Waals surface area contributed by atoms with Gasteiger partial charge < -0.3 is 4.57 Å². The Morgan fingerprint density at radius 3 is 2.69 bits per heavy atom. The highest BCUT2D eigenvalue weighted by Gasteiger charge is 2.10. The molecule has 5 nitrogen and oxygen atoms in total. The van der Waals surface area contributed by atoms with Crippen molar-refractivity contribution < 1.29 is 9.18 Å². The first-order chi connectivity index (χ1) is 14.0. The van der Waals surface area contributed by atoms with Gasteiger partial charge in [-0.05, 0) is 68.4 Å². The van der Waals surface area contributed by atoms with Gasteiger partial charge in [-0.3, -0.25) is 9.78 Å². The van der Waals surface area contributed by atoms with Crippen molar-refractivity contribution in [3.63, 3.8) is 0 Å². The van der Waals surface area contributed by atoms with Crippen LogP contribution in [0.25, 0.3) is 16.6 Å². The number of rotatable bonds is 4. The number of aromatic nitrogens is 2. The van der Waals surface area contributed by atoms with E-state index in [0.717, 1.165) is 33.5 Å². The predicted molar refractivity (Wildman–Crippen MR) is 112 cm³/mol. The molecule has 6 heteroatoms. The van der Waals surface area contributed by atoms with E-state index in [1.807, 2.05) is 44.2 Å². The third-order valence-electron chi connectivity index (χ3n) is 4.79. The van der Waals surface area contributed by atoms with Crippen molar-refractivity contribution in [1.29, 1.82) is 0 Å². The van der Waals surface area contributed by atoms with Gasteiger partial charge in [0.15, 0.2) is 0 Å². The van der Waals surface area contributed by atoms with Crippen LogP contribution < -0.4 is 5.43 Å². The summed E-state index contributed by atoms with van der Waals surface area (Å²) in [5, 5.41) is 5.13. The minimum Gasteiger partial charge on any atom is -0.318 e. The fraction of sp³-hybridized carbons (Fsp3) is 0.0870. The molecule has 0 spiro atoms. The van der Waals surface area contributed by atoms with Crippen LogP contribution in [0.4, 0.5) is 4.39 Å². The van der Waals surface area contributed by atoms with E-state index >= 15 is 0 Å². The van der Waals surface area contributed by atoms with E-state index in [0.29, 0.717) is 5.56 Å². The number of hydrazone groups is 1. The topological polar surface area (TPSA) is 59.3 Å². The van der Waals surface area contributed by atoms with Crippen molar-refractivity contribution in [2.75, 3.05) is 0 Å². The third-order valence-corrected chi connectivity index (χ3v) is 4.79. The summed E-state index contributed by atoms with van der Waals surface area (Å²) in [5.41, 5.74) is 7.76. The third kappa shape index (κ3) is 3.78. The molecular formula is C23H19FN4O. The number of nitrogens with zero attached hydrogens (tertiary/aromatic N) is 3. The maximum Gasteiger partial charge on any atom is 0.271 e. The molecule has 0 aliphatic rings. The molecule has 4 rings (SSSR count). The second kappa shape index (κ2) is 7.67. The second-order valence-corrected chi connectivity index (χ2v) is 6.75. The zero-order valence-corrected chi connectivity index (χ0v) is 16.1. The fourth-order valence-electron chi connectivity index (χ4n) is 3.34. The Labute approximate surface area is 167 Å². The number of halogens is 1. The van der Waals surface area contributed by atoms with Crippen LogP contribution in [-0.2, 0) is 0 Å². The summed E-state index contributed by atoms with van der Waals surface area (Å²) in [6.45, 7) is 4.03. The molecule has 0 saturated heterocycles. The zero-order chi connectivity index (χ0) is 20.4. The number of nitrogens with one attached hydrogen (secondary N) is 1. The molecule has 0 fully saturated rings. The van der Waals surface area contributed by atoms with Crippen LogP contribution in [0.1, 0.15) is 27.3 Å². The molecular weight excluding hydrogens is 367 g/mol. The van der Waals surface area contributed by atoms with Crippen LogP contribution in [0, 0.1) is 19.7 Å². The average Bonchev–Trinajstić information content (AvgIpc) is 3.01. The number of hydrogen-bond acceptors (Lipinski definition) is 3. The summed E-state index contributed by atoms with van der Waals surface area (Å²) < 4.78 is 15.1. The maximum absolute atomic E-state index is 13.0. The van der Waals surface area contributed by atoms with Crippen LogP contribution in [-0.4, -0.2) is 21.7 Å². The summed E-state index contributed by atoms with van der Waals surface area (Å²) in [7, 11) is 0. The van der Waals surface area contributed by atoms with Gasteiger partial charge in [0, 0.05) is 39.8 Å². The van der Waals surface area contributed by atoms with Gasteiger partial charge in [-0.2, -0.15) is 5.10 Å². The van der Waals surface area contributed by atoms with E-state index in [9.17, 15) is 9.18 Å². The van der Waals surface area contributed by atoms with Crippen LogP contribution in [0.5, 0.6) is 0 Å². The Hall–Kier alpha value is -3.80. The molecule has 0 atom stereocenters. The molecule has 1 amide bonds. The molecule has 2 heterocycles. The molecule has 0 unspecified atom stereocenters. The van der Waals surface area contributed by atoms with E-state index in [1.165, 1.54) is 24.3 Å². The van der Waals surface area contributed by atoms with Crippen LogP contribution in [0.3, 0.4) is 0 Å². The molecule has 1 N–H and O–H groups in total. The molecule has 0 radical (unpaired) electrons. The van der Waals surface area contributed by atoms with Gasteiger partial charge in [0.05, 0.1) is 11.7 Å². The van der Waals surface area contributed by atoms with Gasteiger partial charge in [0.25, 0.3) is 5.91 Å². The second-order valence-electron chi connectivity index (χ2n) is 6.75. The van der Waals surface area contributed by atoms with Gasteiger partial charge in [-0.15, -0.1) is 0 Å². The first kappa shape index (κ1) is 18.6. The summed E-state index contributed by atoms with van der Waals surface area (Å²) >= 11 is 0. The summed E-state index contributed by atoms with van der Waals surface area (Å²) in [6.07, 6.45) is 3.39. The van der Waals surface area contributed by atoms with Crippen LogP contribution >= 0.6 is 0 Å². The molecule has 144 valence electrons. The summed E-state index contributed by atoms with van der Waals surface area (Å²) in [4.78, 5) is 16.5. The first-order valence-electron chi connectivity index (χ1n) is 9.16. The number of carbonyl (C=O) groups excluding carboxylic acids is 1. The fourth-order valence-corrected chi connectivity index (χ4v) is 3.34. The van der Waals surface area contributed by atoms with Crippen molar-refractivity contribution >= 4 is 23.0 Å². The lowest BCUT2D eigenvalue weighted by Crippen LogP contribution is -2.17.